The number of aromatic nitrogens is 1. The zero-order chi connectivity index (χ0) is 13.2. The summed E-state index contributed by atoms with van der Waals surface area (Å²) in [6.07, 6.45) is 4.28. The van der Waals surface area contributed by atoms with E-state index in [1.165, 1.54) is 21.9 Å². The van der Waals surface area contributed by atoms with Crippen LogP contribution >= 0.6 is 0 Å². The summed E-state index contributed by atoms with van der Waals surface area (Å²) in [7, 11) is 3.75. The van der Waals surface area contributed by atoms with Crippen molar-refractivity contribution in [3.63, 3.8) is 0 Å². The maximum Gasteiger partial charge on any atom is 0.177 e. The lowest BCUT2D eigenvalue weighted by Crippen LogP contribution is -2.26. The van der Waals surface area contributed by atoms with Crippen molar-refractivity contribution in [2.45, 2.75) is 0 Å². The standard InChI is InChI=1S/C17H16NO/c1-18-11-14-8-9-15(19-2)10-16(14)17(12-18)13-6-4-3-5-7-13/h3-12H,1-2H3/q+1. The van der Waals surface area contributed by atoms with Gasteiger partial charge in [0.05, 0.1) is 12.7 Å². The molecule has 19 heavy (non-hydrogen) atoms. The molecule has 0 aliphatic heterocycles. The average molecular weight is 250 g/mol. The molecule has 0 unspecified atom stereocenters. The molecule has 0 fully saturated rings. The van der Waals surface area contributed by atoms with Crippen LogP contribution in [-0.2, 0) is 7.05 Å². The molecule has 94 valence electrons. The molecule has 0 radical (unpaired) electrons. The number of hydrogen-bond acceptors (Lipinski definition) is 1. The van der Waals surface area contributed by atoms with Gasteiger partial charge >= 0.3 is 0 Å². The summed E-state index contributed by atoms with van der Waals surface area (Å²) in [5, 5.41) is 2.42. The van der Waals surface area contributed by atoms with Gasteiger partial charge in [-0.25, -0.2) is 4.57 Å². The van der Waals surface area contributed by atoms with Gasteiger partial charge in [-0.2, -0.15) is 0 Å². The minimum absolute atomic E-state index is 0.888. The molecule has 0 saturated carbocycles. The van der Waals surface area contributed by atoms with Crippen LogP contribution in [0.3, 0.4) is 0 Å². The highest BCUT2D eigenvalue weighted by molar-refractivity contribution is 5.95. The largest absolute Gasteiger partial charge is 0.497 e. The molecule has 0 aliphatic carbocycles. The van der Waals surface area contributed by atoms with Crippen molar-refractivity contribution in [1.29, 1.82) is 0 Å². The number of ether oxygens (including phenoxy) is 1. The monoisotopic (exact) mass is 250 g/mol. The van der Waals surface area contributed by atoms with Crippen LogP contribution in [0.2, 0.25) is 0 Å². The molecular formula is C17H16NO+. The first-order chi connectivity index (χ1) is 9.28. The lowest BCUT2D eigenvalue weighted by atomic mass is 10.0. The average Bonchev–Trinajstić information content (AvgIpc) is 2.47. The van der Waals surface area contributed by atoms with E-state index in [1.54, 1.807) is 7.11 Å². The van der Waals surface area contributed by atoms with E-state index in [9.17, 15) is 0 Å². The maximum atomic E-state index is 5.34. The number of rotatable bonds is 2. The fourth-order valence-electron chi connectivity index (χ4n) is 2.39. The van der Waals surface area contributed by atoms with Gasteiger partial charge < -0.3 is 4.74 Å². The fraction of sp³-hybridized carbons (Fsp3) is 0.118. The lowest BCUT2D eigenvalue weighted by Gasteiger charge is -2.07. The van der Waals surface area contributed by atoms with Crippen molar-refractivity contribution >= 4 is 10.8 Å². The Bertz CT molecular complexity index is 720. The van der Waals surface area contributed by atoms with Gasteiger partial charge in [0.1, 0.15) is 12.8 Å². The van der Waals surface area contributed by atoms with Gasteiger partial charge in [-0.3, -0.25) is 0 Å². The van der Waals surface area contributed by atoms with Crippen LogP contribution in [0, 0.1) is 0 Å². The van der Waals surface area contributed by atoms with E-state index in [4.69, 9.17) is 4.74 Å². The molecule has 0 spiro atoms. The van der Waals surface area contributed by atoms with Crippen LogP contribution < -0.4 is 9.30 Å². The molecule has 1 aromatic heterocycles. The Hall–Kier alpha value is -2.35. The zero-order valence-electron chi connectivity index (χ0n) is 11.1. The Morgan fingerprint density at radius 3 is 2.47 bits per heavy atom. The summed E-state index contributed by atoms with van der Waals surface area (Å²) in [5.74, 6) is 0.888. The first-order valence-corrected chi connectivity index (χ1v) is 6.30. The number of methoxy groups -OCH3 is 1. The van der Waals surface area contributed by atoms with Crippen LogP contribution in [0.5, 0.6) is 5.75 Å². The summed E-state index contributed by atoms with van der Waals surface area (Å²) >= 11 is 0. The van der Waals surface area contributed by atoms with Crippen LogP contribution in [0.15, 0.2) is 60.9 Å². The molecule has 0 N–H and O–H groups in total. The highest BCUT2D eigenvalue weighted by Gasteiger charge is 2.10. The molecule has 2 aromatic carbocycles. The molecule has 0 aliphatic rings. The quantitative estimate of drug-likeness (QED) is 0.636. The predicted octanol–water partition coefficient (Wildman–Crippen LogP) is 3.34. The van der Waals surface area contributed by atoms with Gasteiger partial charge in [0.25, 0.3) is 0 Å². The van der Waals surface area contributed by atoms with E-state index in [-0.39, 0.29) is 0 Å². The van der Waals surface area contributed by atoms with Crippen molar-refractivity contribution in [2.24, 2.45) is 7.05 Å². The third kappa shape index (κ3) is 2.17. The molecule has 0 bridgehead atoms. The maximum absolute atomic E-state index is 5.34. The smallest absolute Gasteiger partial charge is 0.177 e. The minimum Gasteiger partial charge on any atom is -0.497 e. The van der Waals surface area contributed by atoms with Crippen LogP contribution in [0.25, 0.3) is 21.9 Å². The van der Waals surface area contributed by atoms with Crippen LogP contribution in [0.1, 0.15) is 0 Å². The number of nitrogens with zero attached hydrogens (tertiary/aromatic N) is 1. The highest BCUT2D eigenvalue weighted by atomic mass is 16.5. The Balaban J connectivity index is 2.33. The summed E-state index contributed by atoms with van der Waals surface area (Å²) in [6, 6.07) is 16.6. The third-order valence-corrected chi connectivity index (χ3v) is 3.31. The topological polar surface area (TPSA) is 13.1 Å². The van der Waals surface area contributed by atoms with E-state index in [1.807, 2.05) is 12.1 Å². The summed E-state index contributed by atoms with van der Waals surface area (Å²) in [5.41, 5.74) is 2.44. The summed E-state index contributed by atoms with van der Waals surface area (Å²) < 4.78 is 7.43. The van der Waals surface area contributed by atoms with Crippen LogP contribution in [-0.4, -0.2) is 7.11 Å². The second-order valence-corrected chi connectivity index (χ2v) is 4.66. The molecular weight excluding hydrogens is 234 g/mol. The molecule has 3 aromatic rings. The van der Waals surface area contributed by atoms with E-state index >= 15 is 0 Å². The van der Waals surface area contributed by atoms with Gasteiger partial charge in [-0.05, 0) is 23.8 Å². The minimum atomic E-state index is 0.888. The van der Waals surface area contributed by atoms with Gasteiger partial charge in [-0.15, -0.1) is 0 Å². The normalized spacial score (nSPS) is 10.6. The molecule has 2 nitrogen and oxygen atoms in total. The summed E-state index contributed by atoms with van der Waals surface area (Å²) in [4.78, 5) is 0. The third-order valence-electron chi connectivity index (χ3n) is 3.31. The number of benzene rings is 2. The van der Waals surface area contributed by atoms with Gasteiger partial charge in [0, 0.05) is 10.8 Å². The Kier molecular flexibility index (Phi) is 2.92. The first-order valence-electron chi connectivity index (χ1n) is 6.30. The molecule has 0 saturated heterocycles. The van der Waals surface area contributed by atoms with E-state index in [0.29, 0.717) is 0 Å². The molecule has 1 heterocycles. The molecule has 0 amide bonds. The summed E-state index contributed by atoms with van der Waals surface area (Å²) in [6.45, 7) is 0. The van der Waals surface area contributed by atoms with Crippen molar-refractivity contribution in [1.82, 2.24) is 0 Å². The molecule has 3 rings (SSSR count). The second-order valence-electron chi connectivity index (χ2n) is 4.66. The lowest BCUT2D eigenvalue weighted by molar-refractivity contribution is -0.669. The van der Waals surface area contributed by atoms with E-state index in [2.05, 4.69) is 60.4 Å². The molecule has 0 atom stereocenters. The van der Waals surface area contributed by atoms with Gasteiger partial charge in [0.2, 0.25) is 0 Å². The number of hydrogen-bond donors (Lipinski definition) is 0. The Morgan fingerprint density at radius 2 is 1.74 bits per heavy atom. The SMILES string of the molecule is COc1ccc2c[n+](C)cc(-c3ccccc3)c2c1. The number of fused-ring (bicyclic) bond motifs is 1. The second kappa shape index (κ2) is 4.73. The van der Waals surface area contributed by atoms with Crippen molar-refractivity contribution in [3.8, 4) is 16.9 Å². The predicted molar refractivity (Wildman–Crippen MR) is 77.1 cm³/mol. The Morgan fingerprint density at radius 1 is 0.947 bits per heavy atom. The Labute approximate surface area is 112 Å². The molecule has 2 heteroatoms. The highest BCUT2D eigenvalue weighted by Crippen LogP contribution is 2.29. The number of aryl methyl sites for hydroxylation is 1. The van der Waals surface area contributed by atoms with E-state index < -0.39 is 0 Å². The number of pyridine rings is 1. The van der Waals surface area contributed by atoms with Gasteiger partial charge in [-0.1, -0.05) is 30.3 Å². The first kappa shape index (κ1) is 11.7. The van der Waals surface area contributed by atoms with Crippen LogP contribution in [0.4, 0.5) is 0 Å². The zero-order valence-corrected chi connectivity index (χ0v) is 11.1. The van der Waals surface area contributed by atoms with E-state index in [0.717, 1.165) is 5.75 Å². The van der Waals surface area contributed by atoms with Gasteiger partial charge in [0.15, 0.2) is 12.4 Å². The van der Waals surface area contributed by atoms with Crippen molar-refractivity contribution < 1.29 is 9.30 Å². The fourth-order valence-corrected chi connectivity index (χ4v) is 2.39. The van der Waals surface area contributed by atoms with Crippen molar-refractivity contribution in [2.75, 3.05) is 7.11 Å². The van der Waals surface area contributed by atoms with Crippen molar-refractivity contribution in [3.05, 3.63) is 60.9 Å².